The Balaban J connectivity index is 1.33. The third kappa shape index (κ3) is 5.00. The molecule has 2 aromatic heterocycles. The lowest BCUT2D eigenvalue weighted by atomic mass is 9.95. The van der Waals surface area contributed by atoms with E-state index in [0.29, 0.717) is 24.8 Å². The van der Waals surface area contributed by atoms with Crippen LogP contribution in [0.3, 0.4) is 0 Å². The minimum atomic E-state index is -2.49. The van der Waals surface area contributed by atoms with E-state index < -0.39 is 60.0 Å². The predicted octanol–water partition coefficient (Wildman–Crippen LogP) is 5.19. The lowest BCUT2D eigenvalue weighted by Crippen LogP contribution is -2.43. The van der Waals surface area contributed by atoms with Crippen molar-refractivity contribution in [3.63, 3.8) is 0 Å². The van der Waals surface area contributed by atoms with E-state index in [2.05, 4.69) is 26.2 Å². The Labute approximate surface area is 276 Å². The number of carbonyl (C=O) groups is 1. The lowest BCUT2D eigenvalue weighted by Gasteiger charge is -2.31. The van der Waals surface area contributed by atoms with Crippen molar-refractivity contribution < 1.29 is 34.6 Å². The second-order valence-electron chi connectivity index (χ2n) is 12.8. The molecule has 1 N–H and O–H groups in total. The van der Waals surface area contributed by atoms with Crippen molar-refractivity contribution in [2.24, 2.45) is 5.92 Å². The van der Waals surface area contributed by atoms with Crippen molar-refractivity contribution in [3.8, 4) is 29.6 Å². The average molecular weight is 663 g/mol. The number of nitrogens with one attached hydrogen (secondary N) is 1. The van der Waals surface area contributed by atoms with E-state index in [4.69, 9.17) is 18.6 Å². The smallest absolute Gasteiger partial charge is 0.319 e. The second-order valence-corrected chi connectivity index (χ2v) is 12.8. The number of rotatable bonds is 6. The van der Waals surface area contributed by atoms with Gasteiger partial charge in [0.25, 0.3) is 0 Å². The van der Waals surface area contributed by atoms with Crippen LogP contribution >= 0.6 is 0 Å². The maximum Gasteiger partial charge on any atom is 0.319 e. The molecule has 9 nitrogen and oxygen atoms in total. The molecule has 4 fully saturated rings. The van der Waals surface area contributed by atoms with E-state index in [0.717, 1.165) is 0 Å². The summed E-state index contributed by atoms with van der Waals surface area (Å²) in [6, 6.07) is 4.47. The van der Waals surface area contributed by atoms with Crippen molar-refractivity contribution in [3.05, 3.63) is 47.7 Å². The van der Waals surface area contributed by atoms with Gasteiger partial charge in [0.1, 0.15) is 41.7 Å². The molecule has 4 aliphatic rings. The summed E-state index contributed by atoms with van der Waals surface area (Å²) < 4.78 is 91.4. The maximum absolute atomic E-state index is 17.1. The summed E-state index contributed by atoms with van der Waals surface area (Å²) in [6.45, 7) is -0.000753. The molecule has 0 unspecified atom stereocenters. The first-order valence-electron chi connectivity index (χ1n) is 16.9. The van der Waals surface area contributed by atoms with Gasteiger partial charge < -0.3 is 19.7 Å². The second kappa shape index (κ2) is 11.6. The van der Waals surface area contributed by atoms with Crippen molar-refractivity contribution in [1.29, 1.82) is 0 Å². The number of anilines is 2. The Morgan fingerprint density at radius 3 is 2.94 bits per heavy atom. The van der Waals surface area contributed by atoms with E-state index in [-0.39, 0.29) is 77.3 Å². The maximum atomic E-state index is 17.1. The topological polar surface area (TPSA) is 92.7 Å². The van der Waals surface area contributed by atoms with Crippen LogP contribution in [0, 0.1) is 29.9 Å². The van der Waals surface area contributed by atoms with Crippen LogP contribution < -0.4 is 15.0 Å². The van der Waals surface area contributed by atoms with Crippen LogP contribution in [0.2, 0.25) is 0 Å². The van der Waals surface area contributed by atoms with Crippen molar-refractivity contribution in [2.45, 2.75) is 50.1 Å². The molecule has 0 spiro atoms. The predicted molar refractivity (Wildman–Crippen MR) is 171 cm³/mol. The Kier molecular flexibility index (Phi) is 6.86. The number of aromatic nitrogens is 3. The molecular formula is C35H32F4N6O3. The van der Waals surface area contributed by atoms with Crippen LogP contribution in [-0.2, 0) is 9.53 Å². The molecule has 1 amide bonds. The first-order chi connectivity index (χ1) is 23.9. The van der Waals surface area contributed by atoms with Crippen LogP contribution in [0.5, 0.6) is 6.01 Å². The number of hydrogen-bond donors (Lipinski definition) is 1. The van der Waals surface area contributed by atoms with E-state index in [9.17, 15) is 9.18 Å². The van der Waals surface area contributed by atoms with Gasteiger partial charge in [-0.3, -0.25) is 14.7 Å². The fraction of sp³-hybridized carbons (Fsp3) is 0.429. The number of nitrogens with zero attached hydrogens (tertiary/aromatic N) is 5. The number of terminal acetylenes is 1. The highest BCUT2D eigenvalue weighted by molar-refractivity contribution is 6.05. The quantitative estimate of drug-likeness (QED) is 0.223. The number of amides is 1. The van der Waals surface area contributed by atoms with Gasteiger partial charge in [0, 0.05) is 55.2 Å². The fourth-order valence-corrected chi connectivity index (χ4v) is 7.60. The molecule has 3 saturated heterocycles. The molecule has 13 heteroatoms. The zero-order valence-corrected chi connectivity index (χ0v) is 25.9. The number of benzene rings is 2. The van der Waals surface area contributed by atoms with Gasteiger partial charge in [-0.1, -0.05) is 12.0 Å². The monoisotopic (exact) mass is 662 g/mol. The summed E-state index contributed by atoms with van der Waals surface area (Å²) in [7, 11) is 0. The molecule has 248 valence electrons. The van der Waals surface area contributed by atoms with Crippen LogP contribution in [0.15, 0.2) is 30.5 Å². The molecule has 1 saturated carbocycles. The highest BCUT2D eigenvalue weighted by Crippen LogP contribution is 2.46. The van der Waals surface area contributed by atoms with E-state index in [1.54, 1.807) is 15.9 Å². The minimum absolute atomic E-state index is 0.0609. The molecule has 4 aromatic rings. The fourth-order valence-electron chi connectivity index (χ4n) is 7.60. The van der Waals surface area contributed by atoms with Crippen LogP contribution in [0.25, 0.3) is 32.9 Å². The van der Waals surface area contributed by atoms with Crippen molar-refractivity contribution in [2.75, 3.05) is 49.6 Å². The highest BCUT2D eigenvalue weighted by Gasteiger charge is 2.56. The number of ether oxygens (including phenoxy) is 2. The first kappa shape index (κ1) is 28.5. The molecule has 2 aromatic carbocycles. The van der Waals surface area contributed by atoms with Gasteiger partial charge in [-0.2, -0.15) is 9.97 Å². The molecule has 1 aliphatic carbocycles. The van der Waals surface area contributed by atoms with Gasteiger partial charge >= 0.3 is 6.01 Å². The first-order valence-corrected chi connectivity index (χ1v) is 15.9. The van der Waals surface area contributed by atoms with Gasteiger partial charge in [-0.05, 0) is 43.0 Å². The zero-order valence-electron chi connectivity index (χ0n) is 27.9. The van der Waals surface area contributed by atoms with Gasteiger partial charge in [0.2, 0.25) is 5.91 Å². The van der Waals surface area contributed by atoms with Crippen molar-refractivity contribution in [1.82, 2.24) is 19.9 Å². The number of pyridine rings is 1. The number of halogens is 4. The Bertz CT molecular complexity index is 2120. The molecule has 0 radical (unpaired) electrons. The zero-order chi connectivity index (χ0) is 35.1. The number of hydrogen-bond acceptors (Lipinski definition) is 8. The number of fused-ring (bicyclic) bond motifs is 4. The van der Waals surface area contributed by atoms with Crippen LogP contribution in [-0.4, -0.2) is 89.1 Å². The Hall–Kier alpha value is -4.54. The summed E-state index contributed by atoms with van der Waals surface area (Å²) in [5, 5.41) is 3.33. The summed E-state index contributed by atoms with van der Waals surface area (Å²) in [5.41, 5.74) is -1.71. The van der Waals surface area contributed by atoms with Gasteiger partial charge in [0.05, 0.1) is 38.5 Å². The SMILES string of the molecule is [2H]C([2H])(Oc1nc(N2CCOC[C@H]3[C@H](F)[C@H]32)c2cnc(-c3cc(NC(C)=O)cc4ccc(F)c(C#C)c34)c(F)c2n1)[C@@]12CCCN1C[C@H](F)C2. The highest BCUT2D eigenvalue weighted by atomic mass is 19.1. The van der Waals surface area contributed by atoms with E-state index >= 15 is 13.2 Å². The molecule has 8 rings (SSSR count). The molecule has 5 atom stereocenters. The third-order valence-electron chi connectivity index (χ3n) is 9.82. The molecular weight excluding hydrogens is 628 g/mol. The van der Waals surface area contributed by atoms with Gasteiger partial charge in [-0.15, -0.1) is 6.42 Å². The number of carbonyl (C=O) groups excluding carboxylic acids is 1. The Morgan fingerprint density at radius 2 is 2.12 bits per heavy atom. The Morgan fingerprint density at radius 1 is 1.27 bits per heavy atom. The third-order valence-corrected chi connectivity index (χ3v) is 9.82. The summed E-state index contributed by atoms with van der Waals surface area (Å²) in [4.78, 5) is 28.7. The molecule has 0 bridgehead atoms. The van der Waals surface area contributed by atoms with E-state index in [1.807, 2.05) is 0 Å². The summed E-state index contributed by atoms with van der Waals surface area (Å²) in [6.07, 6.45) is 5.42. The molecule has 5 heterocycles. The summed E-state index contributed by atoms with van der Waals surface area (Å²) >= 11 is 0. The van der Waals surface area contributed by atoms with Gasteiger partial charge in [-0.25, -0.2) is 17.6 Å². The normalized spacial score (nSPS) is 27.5. The van der Waals surface area contributed by atoms with Crippen LogP contribution in [0.4, 0.5) is 29.1 Å². The van der Waals surface area contributed by atoms with Gasteiger partial charge in [0.15, 0.2) is 5.82 Å². The summed E-state index contributed by atoms with van der Waals surface area (Å²) in [5.74, 6) is -0.152. The molecule has 48 heavy (non-hydrogen) atoms. The number of alkyl halides is 2. The lowest BCUT2D eigenvalue weighted by molar-refractivity contribution is -0.114. The van der Waals surface area contributed by atoms with Crippen LogP contribution in [0.1, 0.15) is 34.5 Å². The van der Waals surface area contributed by atoms with Crippen molar-refractivity contribution >= 4 is 39.1 Å². The molecule has 3 aliphatic heterocycles. The largest absolute Gasteiger partial charge is 0.461 e. The minimum Gasteiger partial charge on any atom is -0.461 e. The average Bonchev–Trinajstić information content (AvgIpc) is 3.42. The van der Waals surface area contributed by atoms with E-state index in [1.165, 1.54) is 31.3 Å². The standard InChI is InChI=1S/C35H32F4N6O3/c1-3-22-26(37)6-5-19-11-21(41-18(2)46)12-23(27(19)22)30-29(39)31-24(14-40-30)33(45-9-10-47-16-25-28(38)32(25)45)43-34(42-31)48-17-35-7-4-8-44(35)15-20(36)13-35/h1,5-6,11-12,14,20,25,28,32H,4,7-10,13,15-17H2,2H3,(H,41,46)/t20-,25+,28+,32+,35+/m1/s1/i17D2.